The second-order valence-corrected chi connectivity index (χ2v) is 4.94. The fraction of sp³-hybridized carbons (Fsp3) is 0.917. The van der Waals surface area contributed by atoms with Gasteiger partial charge >= 0.3 is 6.18 Å². The summed E-state index contributed by atoms with van der Waals surface area (Å²) in [5.74, 6) is -0.0146. The van der Waals surface area contributed by atoms with E-state index in [0.717, 1.165) is 19.4 Å². The molecule has 1 fully saturated rings. The van der Waals surface area contributed by atoms with Gasteiger partial charge in [-0.3, -0.25) is 4.79 Å². The molecule has 0 saturated carbocycles. The summed E-state index contributed by atoms with van der Waals surface area (Å²) >= 11 is 0. The second kappa shape index (κ2) is 6.97. The average molecular weight is 266 g/mol. The van der Waals surface area contributed by atoms with E-state index in [2.05, 4.69) is 10.6 Å². The van der Waals surface area contributed by atoms with Crippen LogP contribution >= 0.6 is 0 Å². The largest absolute Gasteiger partial charge is 0.389 e. The molecule has 0 aromatic carbocycles. The Morgan fingerprint density at radius 2 is 2.11 bits per heavy atom. The van der Waals surface area contributed by atoms with E-state index in [1.54, 1.807) is 0 Å². The van der Waals surface area contributed by atoms with E-state index in [-0.39, 0.29) is 18.2 Å². The fourth-order valence-electron chi connectivity index (χ4n) is 2.18. The van der Waals surface area contributed by atoms with Crippen molar-refractivity contribution in [2.45, 2.75) is 51.2 Å². The van der Waals surface area contributed by atoms with Crippen molar-refractivity contribution in [3.05, 3.63) is 0 Å². The molecule has 1 aliphatic rings. The zero-order valence-corrected chi connectivity index (χ0v) is 10.6. The van der Waals surface area contributed by atoms with Gasteiger partial charge < -0.3 is 10.6 Å². The van der Waals surface area contributed by atoms with Crippen molar-refractivity contribution in [3.63, 3.8) is 0 Å². The number of hydrogen-bond donors (Lipinski definition) is 2. The van der Waals surface area contributed by atoms with Crippen molar-refractivity contribution >= 4 is 5.91 Å². The molecule has 0 bridgehead atoms. The molecule has 1 amide bonds. The van der Waals surface area contributed by atoms with E-state index in [1.165, 1.54) is 0 Å². The fourth-order valence-corrected chi connectivity index (χ4v) is 2.18. The third-order valence-electron chi connectivity index (χ3n) is 3.18. The summed E-state index contributed by atoms with van der Waals surface area (Å²) in [7, 11) is 0. The van der Waals surface area contributed by atoms with Gasteiger partial charge in [0, 0.05) is 24.9 Å². The first-order valence-corrected chi connectivity index (χ1v) is 6.46. The predicted molar refractivity (Wildman–Crippen MR) is 63.1 cm³/mol. The lowest BCUT2D eigenvalue weighted by Crippen LogP contribution is -2.42. The number of carbonyl (C=O) groups excluding carboxylic acids is 1. The maximum Gasteiger partial charge on any atom is 0.389 e. The molecule has 2 unspecified atom stereocenters. The molecule has 1 aliphatic heterocycles. The molecule has 3 nitrogen and oxygen atoms in total. The molecule has 1 rings (SSSR count). The molecule has 0 spiro atoms. The van der Waals surface area contributed by atoms with Gasteiger partial charge in [0.25, 0.3) is 0 Å². The molecule has 1 heterocycles. The Morgan fingerprint density at radius 1 is 1.39 bits per heavy atom. The van der Waals surface area contributed by atoms with E-state index in [1.807, 2.05) is 6.92 Å². The van der Waals surface area contributed by atoms with Crippen LogP contribution in [0.1, 0.15) is 39.0 Å². The molecule has 6 heteroatoms. The number of piperidine rings is 1. The first-order chi connectivity index (χ1) is 8.38. The Labute approximate surface area is 106 Å². The van der Waals surface area contributed by atoms with Crippen molar-refractivity contribution in [1.82, 2.24) is 10.6 Å². The van der Waals surface area contributed by atoms with Crippen LogP contribution in [0.5, 0.6) is 0 Å². The maximum absolute atomic E-state index is 11.9. The number of rotatable bonds is 5. The summed E-state index contributed by atoms with van der Waals surface area (Å²) in [5, 5.41) is 5.98. The number of carbonyl (C=O) groups is 1. The summed E-state index contributed by atoms with van der Waals surface area (Å²) < 4.78 is 35.6. The van der Waals surface area contributed by atoms with Gasteiger partial charge in [0.05, 0.1) is 0 Å². The van der Waals surface area contributed by atoms with Gasteiger partial charge in [0.15, 0.2) is 0 Å². The zero-order valence-electron chi connectivity index (χ0n) is 10.6. The molecule has 18 heavy (non-hydrogen) atoms. The monoisotopic (exact) mass is 266 g/mol. The Balaban J connectivity index is 2.10. The Morgan fingerprint density at radius 3 is 2.72 bits per heavy atom. The minimum Gasteiger partial charge on any atom is -0.356 e. The van der Waals surface area contributed by atoms with Crippen LogP contribution in [0.2, 0.25) is 0 Å². The molecule has 0 aromatic heterocycles. The van der Waals surface area contributed by atoms with E-state index in [0.29, 0.717) is 19.0 Å². The van der Waals surface area contributed by atoms with Gasteiger partial charge in [-0.1, -0.05) is 0 Å². The molecule has 0 aliphatic carbocycles. The Bertz CT molecular complexity index is 269. The molecule has 0 aromatic rings. The number of unbranched alkanes of at least 4 members (excludes halogenated alkanes) is 1. The minimum absolute atomic E-state index is 0.00358. The van der Waals surface area contributed by atoms with Crippen molar-refractivity contribution < 1.29 is 18.0 Å². The zero-order chi connectivity index (χ0) is 13.6. The average Bonchev–Trinajstić information content (AvgIpc) is 2.26. The van der Waals surface area contributed by atoms with Crippen molar-refractivity contribution in [2.24, 2.45) is 5.92 Å². The summed E-state index contributed by atoms with van der Waals surface area (Å²) in [6, 6.07) is 0.333. The summed E-state index contributed by atoms with van der Waals surface area (Å²) in [4.78, 5) is 11.7. The standard InChI is InChI=1S/C12H21F3N2O/c1-9-8-10(4-7-16-9)11(18)17-6-3-2-5-12(13,14)15/h9-10,16H,2-8H2,1H3,(H,17,18). The van der Waals surface area contributed by atoms with Crippen LogP contribution in [-0.2, 0) is 4.79 Å². The molecular formula is C12H21F3N2O. The van der Waals surface area contributed by atoms with Gasteiger partial charge in [0.1, 0.15) is 0 Å². The molecule has 2 N–H and O–H groups in total. The van der Waals surface area contributed by atoms with Crippen molar-refractivity contribution in [2.75, 3.05) is 13.1 Å². The normalized spacial score (nSPS) is 24.9. The summed E-state index contributed by atoms with van der Waals surface area (Å²) in [6.45, 7) is 3.20. The lowest BCUT2D eigenvalue weighted by Gasteiger charge is -2.27. The number of amides is 1. The summed E-state index contributed by atoms with van der Waals surface area (Å²) in [6.07, 6.45) is -2.80. The Hall–Kier alpha value is -0.780. The first-order valence-electron chi connectivity index (χ1n) is 6.46. The molecule has 2 atom stereocenters. The van der Waals surface area contributed by atoms with Crippen LogP contribution in [0.25, 0.3) is 0 Å². The first kappa shape index (κ1) is 15.3. The summed E-state index contributed by atoms with van der Waals surface area (Å²) in [5.41, 5.74) is 0. The number of halogens is 3. The van der Waals surface area contributed by atoms with Gasteiger partial charge in [-0.25, -0.2) is 0 Å². The van der Waals surface area contributed by atoms with Crippen LogP contribution in [0.3, 0.4) is 0 Å². The third-order valence-corrected chi connectivity index (χ3v) is 3.18. The van der Waals surface area contributed by atoms with E-state index in [4.69, 9.17) is 0 Å². The highest BCUT2D eigenvalue weighted by molar-refractivity contribution is 5.78. The van der Waals surface area contributed by atoms with Gasteiger partial charge in [-0.2, -0.15) is 13.2 Å². The highest BCUT2D eigenvalue weighted by Gasteiger charge is 2.26. The van der Waals surface area contributed by atoms with Gasteiger partial charge in [-0.15, -0.1) is 0 Å². The van der Waals surface area contributed by atoms with Crippen LogP contribution < -0.4 is 10.6 Å². The third kappa shape index (κ3) is 6.23. The molecule has 106 valence electrons. The van der Waals surface area contributed by atoms with Gasteiger partial charge in [0.2, 0.25) is 5.91 Å². The molecule has 1 saturated heterocycles. The molecular weight excluding hydrogens is 245 g/mol. The second-order valence-electron chi connectivity index (χ2n) is 4.94. The van der Waals surface area contributed by atoms with E-state index < -0.39 is 12.6 Å². The van der Waals surface area contributed by atoms with Crippen molar-refractivity contribution in [3.8, 4) is 0 Å². The van der Waals surface area contributed by atoms with Crippen LogP contribution in [0.4, 0.5) is 13.2 Å². The minimum atomic E-state index is -4.09. The highest BCUT2D eigenvalue weighted by atomic mass is 19.4. The van der Waals surface area contributed by atoms with Crippen LogP contribution in [0.15, 0.2) is 0 Å². The predicted octanol–water partition coefficient (Wildman–Crippen LogP) is 2.22. The van der Waals surface area contributed by atoms with Crippen LogP contribution in [-0.4, -0.2) is 31.2 Å². The number of alkyl halides is 3. The quantitative estimate of drug-likeness (QED) is 0.749. The van der Waals surface area contributed by atoms with E-state index in [9.17, 15) is 18.0 Å². The topological polar surface area (TPSA) is 41.1 Å². The Kier molecular flexibility index (Phi) is 5.91. The number of nitrogens with one attached hydrogen (secondary N) is 2. The van der Waals surface area contributed by atoms with E-state index >= 15 is 0 Å². The lowest BCUT2D eigenvalue weighted by molar-refractivity contribution is -0.135. The maximum atomic E-state index is 11.9. The van der Waals surface area contributed by atoms with Crippen LogP contribution in [0, 0.1) is 5.92 Å². The highest BCUT2D eigenvalue weighted by Crippen LogP contribution is 2.22. The lowest BCUT2D eigenvalue weighted by atomic mass is 9.92. The molecule has 0 radical (unpaired) electrons. The van der Waals surface area contributed by atoms with Crippen molar-refractivity contribution in [1.29, 1.82) is 0 Å². The van der Waals surface area contributed by atoms with Gasteiger partial charge in [-0.05, 0) is 39.2 Å². The number of hydrogen-bond acceptors (Lipinski definition) is 2. The SMILES string of the molecule is CC1CC(C(=O)NCCCCC(F)(F)F)CCN1. The smallest absolute Gasteiger partial charge is 0.356 e.